The number of aromatic nitrogens is 3. The zero-order valence-corrected chi connectivity index (χ0v) is 30.1. The number of para-hydroxylation sites is 2. The van der Waals surface area contributed by atoms with Gasteiger partial charge in [-0.05, 0) is 79.9 Å². The highest BCUT2D eigenvalue weighted by atomic mass is 16.5. The van der Waals surface area contributed by atoms with Gasteiger partial charge < -0.3 is 9.15 Å². The van der Waals surface area contributed by atoms with Crippen molar-refractivity contribution >= 4 is 65.4 Å². The first-order chi connectivity index (χ1) is 27.7. The van der Waals surface area contributed by atoms with Crippen LogP contribution < -0.4 is 4.74 Å². The van der Waals surface area contributed by atoms with Crippen LogP contribution >= 0.6 is 0 Å². The van der Waals surface area contributed by atoms with Gasteiger partial charge in [0.05, 0.1) is 5.92 Å². The van der Waals surface area contributed by atoms with E-state index >= 15 is 0 Å². The highest BCUT2D eigenvalue weighted by molar-refractivity contribution is 6.12. The second-order valence-electron chi connectivity index (χ2n) is 14.7. The number of nitrogens with zero attached hydrogens (tertiary/aromatic N) is 3. The third kappa shape index (κ3) is 4.77. The van der Waals surface area contributed by atoms with E-state index in [4.69, 9.17) is 24.1 Å². The standard InChI is InChI=1S/C51H31N3O2/c1-3-14-35-30(11-1)13-9-18-37(35)34-28-42(48-40-17-6-8-21-44(40)56-46(48)29-34)51-53-49(33-25-26-38-32(27-33)24-23-31-12-2-4-15-36(31)38)52-50(54-51)41-19-10-22-45-47(41)39-16-5-7-20-43(39)55-45/h1-29,46,48H. The second-order valence-corrected chi connectivity index (χ2v) is 14.7. The molecular weight excluding hydrogens is 687 g/mol. The molecule has 0 saturated heterocycles. The minimum absolute atomic E-state index is 0.110. The molecule has 8 aromatic carbocycles. The Morgan fingerprint density at radius 1 is 0.464 bits per heavy atom. The predicted octanol–water partition coefficient (Wildman–Crippen LogP) is 12.6. The lowest BCUT2D eigenvalue weighted by Gasteiger charge is -2.25. The summed E-state index contributed by atoms with van der Waals surface area (Å²) < 4.78 is 13.1. The number of allylic oxidation sites excluding steroid dienone is 2. The molecule has 1 aliphatic heterocycles. The van der Waals surface area contributed by atoms with E-state index in [-0.39, 0.29) is 12.0 Å². The van der Waals surface area contributed by atoms with Crippen LogP contribution in [-0.2, 0) is 0 Å². The molecule has 0 radical (unpaired) electrons. The van der Waals surface area contributed by atoms with Gasteiger partial charge in [-0.1, -0.05) is 140 Å². The lowest BCUT2D eigenvalue weighted by Crippen LogP contribution is -2.22. The molecule has 10 aromatic rings. The number of ether oxygens (including phenoxy) is 1. The Labute approximate surface area is 321 Å². The average molecular weight is 718 g/mol. The van der Waals surface area contributed by atoms with Gasteiger partial charge in [0.25, 0.3) is 0 Å². The average Bonchev–Trinajstić information content (AvgIpc) is 3.84. The van der Waals surface area contributed by atoms with E-state index in [1.165, 1.54) is 26.9 Å². The number of benzene rings is 8. The molecule has 0 amide bonds. The van der Waals surface area contributed by atoms with Crippen molar-refractivity contribution in [1.29, 1.82) is 0 Å². The molecule has 0 bridgehead atoms. The van der Waals surface area contributed by atoms with E-state index in [0.717, 1.165) is 66.5 Å². The summed E-state index contributed by atoms with van der Waals surface area (Å²) in [6.45, 7) is 0. The summed E-state index contributed by atoms with van der Waals surface area (Å²) >= 11 is 0. The van der Waals surface area contributed by atoms with Crippen LogP contribution in [0.2, 0.25) is 0 Å². The summed E-state index contributed by atoms with van der Waals surface area (Å²) in [6.07, 6.45) is 4.31. The van der Waals surface area contributed by atoms with Gasteiger partial charge in [0.2, 0.25) is 0 Å². The van der Waals surface area contributed by atoms with Gasteiger partial charge in [-0.3, -0.25) is 0 Å². The first kappa shape index (κ1) is 31.0. The molecule has 2 aliphatic rings. The lowest BCUT2D eigenvalue weighted by molar-refractivity contribution is 0.272. The SMILES string of the molecule is C1=C(c2cccc3ccccc23)C=C(c2nc(-c3ccc4c(ccc5ccccc54)c3)nc(-c3cccc4oc5ccccc5c34)n2)C2c3ccccc3OC12. The third-order valence-corrected chi connectivity index (χ3v) is 11.5. The Morgan fingerprint density at radius 2 is 1.12 bits per heavy atom. The summed E-state index contributed by atoms with van der Waals surface area (Å²) in [5.74, 6) is 2.59. The van der Waals surface area contributed by atoms with Gasteiger partial charge in [0.15, 0.2) is 17.5 Å². The molecule has 0 spiro atoms. The number of hydrogen-bond acceptors (Lipinski definition) is 5. The number of hydrogen-bond donors (Lipinski definition) is 0. The summed E-state index contributed by atoms with van der Waals surface area (Å²) in [5.41, 5.74) is 7.77. The zero-order chi connectivity index (χ0) is 36.7. The topological polar surface area (TPSA) is 61.0 Å². The Morgan fingerprint density at radius 3 is 2.05 bits per heavy atom. The fourth-order valence-electron chi connectivity index (χ4n) is 8.91. The van der Waals surface area contributed by atoms with Crippen molar-refractivity contribution in [2.75, 3.05) is 0 Å². The molecule has 2 unspecified atom stereocenters. The Kier molecular flexibility index (Phi) is 6.69. The molecule has 56 heavy (non-hydrogen) atoms. The molecule has 2 atom stereocenters. The maximum absolute atomic E-state index is 6.73. The first-order valence-electron chi connectivity index (χ1n) is 19.0. The van der Waals surface area contributed by atoms with Crippen LogP contribution in [0.1, 0.15) is 22.9 Å². The highest BCUT2D eigenvalue weighted by Crippen LogP contribution is 2.50. The first-order valence-corrected chi connectivity index (χ1v) is 19.0. The summed E-state index contributed by atoms with van der Waals surface area (Å²) in [4.78, 5) is 16.1. The van der Waals surface area contributed by atoms with Gasteiger partial charge in [0.1, 0.15) is 23.0 Å². The maximum Gasteiger partial charge on any atom is 0.164 e. The monoisotopic (exact) mass is 717 g/mol. The summed E-state index contributed by atoms with van der Waals surface area (Å²) in [7, 11) is 0. The van der Waals surface area contributed by atoms with Crippen LogP contribution in [0.4, 0.5) is 0 Å². The van der Waals surface area contributed by atoms with Crippen LogP contribution in [0.25, 0.3) is 88.2 Å². The van der Waals surface area contributed by atoms with Gasteiger partial charge >= 0.3 is 0 Å². The van der Waals surface area contributed by atoms with E-state index in [0.29, 0.717) is 17.5 Å². The summed E-state index contributed by atoms with van der Waals surface area (Å²) in [6, 6.07) is 57.0. The van der Waals surface area contributed by atoms with E-state index in [1.54, 1.807) is 0 Å². The van der Waals surface area contributed by atoms with Crippen molar-refractivity contribution in [1.82, 2.24) is 15.0 Å². The second kappa shape index (κ2) is 12.1. The summed E-state index contributed by atoms with van der Waals surface area (Å²) in [5, 5.41) is 9.14. The molecule has 3 heterocycles. The third-order valence-electron chi connectivity index (χ3n) is 11.5. The fourth-order valence-corrected chi connectivity index (χ4v) is 8.91. The molecule has 0 N–H and O–H groups in total. The van der Waals surface area contributed by atoms with Gasteiger partial charge in [0, 0.05) is 33.0 Å². The Balaban J connectivity index is 1.12. The molecule has 2 aromatic heterocycles. The van der Waals surface area contributed by atoms with Gasteiger partial charge in [-0.25, -0.2) is 15.0 Å². The number of fused-ring (bicyclic) bond motifs is 10. The molecule has 0 fully saturated rings. The molecule has 1 aliphatic carbocycles. The minimum Gasteiger partial charge on any atom is -0.485 e. The maximum atomic E-state index is 6.73. The van der Waals surface area contributed by atoms with Crippen LogP contribution in [0.3, 0.4) is 0 Å². The molecule has 5 nitrogen and oxygen atoms in total. The smallest absolute Gasteiger partial charge is 0.164 e. The van der Waals surface area contributed by atoms with Gasteiger partial charge in [-0.15, -0.1) is 0 Å². The quantitative estimate of drug-likeness (QED) is 0.170. The van der Waals surface area contributed by atoms with E-state index < -0.39 is 0 Å². The molecule has 0 saturated carbocycles. The van der Waals surface area contributed by atoms with Crippen LogP contribution in [0.15, 0.2) is 180 Å². The van der Waals surface area contributed by atoms with Crippen molar-refractivity contribution < 1.29 is 9.15 Å². The number of furan rings is 1. The van der Waals surface area contributed by atoms with Crippen LogP contribution in [0, 0.1) is 0 Å². The van der Waals surface area contributed by atoms with Crippen LogP contribution in [0.5, 0.6) is 5.75 Å². The lowest BCUT2D eigenvalue weighted by atomic mass is 9.80. The fraction of sp³-hybridized carbons (Fsp3) is 0.0392. The van der Waals surface area contributed by atoms with Crippen molar-refractivity contribution in [3.05, 3.63) is 193 Å². The van der Waals surface area contributed by atoms with Crippen LogP contribution in [-0.4, -0.2) is 21.1 Å². The predicted molar refractivity (Wildman–Crippen MR) is 226 cm³/mol. The largest absolute Gasteiger partial charge is 0.485 e. The van der Waals surface area contributed by atoms with Crippen molar-refractivity contribution in [2.45, 2.75) is 12.0 Å². The van der Waals surface area contributed by atoms with Gasteiger partial charge in [-0.2, -0.15) is 0 Å². The molecule has 262 valence electrons. The molecule has 12 rings (SSSR count). The van der Waals surface area contributed by atoms with Crippen molar-refractivity contribution in [2.24, 2.45) is 0 Å². The van der Waals surface area contributed by atoms with E-state index in [9.17, 15) is 0 Å². The number of rotatable bonds is 4. The van der Waals surface area contributed by atoms with E-state index in [1.807, 2.05) is 36.4 Å². The minimum atomic E-state index is -0.236. The Bertz CT molecular complexity index is 3310. The molecule has 5 heteroatoms. The van der Waals surface area contributed by atoms with Crippen molar-refractivity contribution in [3.63, 3.8) is 0 Å². The zero-order valence-electron chi connectivity index (χ0n) is 30.1. The highest BCUT2D eigenvalue weighted by Gasteiger charge is 2.40. The Hall–Kier alpha value is -7.37. The van der Waals surface area contributed by atoms with Crippen molar-refractivity contribution in [3.8, 4) is 28.5 Å². The normalized spacial score (nSPS) is 16.2. The molecular formula is C51H31N3O2. The van der Waals surface area contributed by atoms with E-state index in [2.05, 4.69) is 140 Å².